The lowest BCUT2D eigenvalue weighted by molar-refractivity contribution is -0.147. The number of benzene rings is 2. The Kier molecular flexibility index (Phi) is 8.44. The molecule has 6 nitrogen and oxygen atoms in total. The van der Waals surface area contributed by atoms with Gasteiger partial charge in [0.2, 0.25) is 0 Å². The van der Waals surface area contributed by atoms with Gasteiger partial charge in [-0.25, -0.2) is 8.42 Å². The third-order valence-electron chi connectivity index (χ3n) is 3.52. The molecule has 0 aliphatic heterocycles. The minimum Gasteiger partial charge on any atom is -0.744 e. The highest BCUT2D eigenvalue weighted by molar-refractivity contribution is 7.85. The second-order valence-corrected chi connectivity index (χ2v) is 7.51. The molecule has 0 unspecified atom stereocenters. The molecule has 0 heterocycles. The van der Waals surface area contributed by atoms with Gasteiger partial charge in [0.15, 0.2) is 0 Å². The van der Waals surface area contributed by atoms with Crippen LogP contribution in [0.25, 0.3) is 0 Å². The fourth-order valence-corrected chi connectivity index (χ4v) is 2.27. The summed E-state index contributed by atoms with van der Waals surface area (Å²) < 4.78 is 36.3. The van der Waals surface area contributed by atoms with Gasteiger partial charge in [0, 0.05) is 0 Å². The molecule has 0 saturated carbocycles. The van der Waals surface area contributed by atoms with Crippen molar-refractivity contribution in [1.29, 1.82) is 0 Å². The summed E-state index contributed by atoms with van der Waals surface area (Å²) in [4.78, 5) is 11.2. The molecule has 1 atom stereocenters. The van der Waals surface area contributed by atoms with Crippen molar-refractivity contribution < 1.29 is 22.5 Å². The monoisotopic (exact) mass is 378 g/mol. The summed E-state index contributed by atoms with van der Waals surface area (Å²) in [5.74, 6) is -0.234. The quantitative estimate of drug-likeness (QED) is 0.633. The van der Waals surface area contributed by atoms with Crippen LogP contribution < -0.4 is 5.73 Å². The van der Waals surface area contributed by atoms with Gasteiger partial charge in [0.05, 0.1) is 4.90 Å². The molecule has 0 spiro atoms. The van der Waals surface area contributed by atoms with Crippen molar-refractivity contribution in [3.63, 3.8) is 0 Å². The SMILES string of the molecule is CC(C)[C@H](N)C(=O)OCc1ccccc1.Cc1ccc(S(=O)(=O)[O-])cc1. The van der Waals surface area contributed by atoms with Crippen LogP contribution in [0, 0.1) is 12.8 Å². The first kappa shape index (κ1) is 21.8. The molecule has 2 N–H and O–H groups in total. The van der Waals surface area contributed by atoms with E-state index in [2.05, 4.69) is 0 Å². The Morgan fingerprint density at radius 1 is 1.08 bits per heavy atom. The first-order chi connectivity index (χ1) is 12.1. The second kappa shape index (κ2) is 10.1. The minimum atomic E-state index is -4.27. The molecule has 0 radical (unpaired) electrons. The average Bonchev–Trinajstić information content (AvgIpc) is 2.60. The van der Waals surface area contributed by atoms with Crippen LogP contribution in [0.5, 0.6) is 0 Å². The summed E-state index contributed by atoms with van der Waals surface area (Å²) in [6.07, 6.45) is 0. The van der Waals surface area contributed by atoms with Gasteiger partial charge in [-0.2, -0.15) is 0 Å². The first-order valence-corrected chi connectivity index (χ1v) is 9.50. The van der Waals surface area contributed by atoms with E-state index < -0.39 is 16.2 Å². The van der Waals surface area contributed by atoms with E-state index in [0.29, 0.717) is 6.61 Å². The molecule has 0 bridgehead atoms. The lowest BCUT2D eigenvalue weighted by Crippen LogP contribution is -2.36. The molecule has 0 amide bonds. The Morgan fingerprint density at radius 2 is 1.62 bits per heavy atom. The van der Waals surface area contributed by atoms with Gasteiger partial charge in [-0.15, -0.1) is 0 Å². The van der Waals surface area contributed by atoms with E-state index >= 15 is 0 Å². The summed E-state index contributed by atoms with van der Waals surface area (Å²) in [7, 11) is -4.27. The summed E-state index contributed by atoms with van der Waals surface area (Å²) in [6.45, 7) is 5.91. The maximum atomic E-state index is 11.4. The van der Waals surface area contributed by atoms with Crippen LogP contribution >= 0.6 is 0 Å². The zero-order valence-corrected chi connectivity index (χ0v) is 15.9. The maximum Gasteiger partial charge on any atom is 0.323 e. The molecule has 0 fully saturated rings. The van der Waals surface area contributed by atoms with Gasteiger partial charge in [0.1, 0.15) is 22.8 Å². The molecule has 7 heteroatoms. The van der Waals surface area contributed by atoms with E-state index in [-0.39, 0.29) is 16.8 Å². The van der Waals surface area contributed by atoms with Gasteiger partial charge >= 0.3 is 5.97 Å². The van der Waals surface area contributed by atoms with Crippen LogP contribution in [0.2, 0.25) is 0 Å². The van der Waals surface area contributed by atoms with Gasteiger partial charge in [-0.3, -0.25) is 4.79 Å². The van der Waals surface area contributed by atoms with Crippen molar-refractivity contribution in [3.05, 3.63) is 65.7 Å². The van der Waals surface area contributed by atoms with Gasteiger partial charge < -0.3 is 15.0 Å². The number of hydrogen-bond donors (Lipinski definition) is 1. The summed E-state index contributed by atoms with van der Waals surface area (Å²) in [5.41, 5.74) is 7.55. The second-order valence-electron chi connectivity index (χ2n) is 6.13. The van der Waals surface area contributed by atoms with Crippen LogP contribution in [0.15, 0.2) is 59.5 Å². The van der Waals surface area contributed by atoms with Crippen molar-refractivity contribution in [2.45, 2.75) is 38.3 Å². The number of esters is 1. The van der Waals surface area contributed by atoms with Crippen LogP contribution in [-0.2, 0) is 26.3 Å². The summed E-state index contributed by atoms with van der Waals surface area (Å²) in [6, 6.07) is 14.8. The molecule has 142 valence electrons. The van der Waals surface area contributed by atoms with E-state index in [1.54, 1.807) is 12.1 Å². The largest absolute Gasteiger partial charge is 0.744 e. The highest BCUT2D eigenvalue weighted by Crippen LogP contribution is 2.08. The van der Waals surface area contributed by atoms with Crippen LogP contribution in [0.3, 0.4) is 0 Å². The lowest BCUT2D eigenvalue weighted by Gasteiger charge is -2.14. The fourth-order valence-electron chi connectivity index (χ4n) is 1.80. The van der Waals surface area contributed by atoms with Crippen molar-refractivity contribution >= 4 is 16.1 Å². The van der Waals surface area contributed by atoms with Crippen molar-refractivity contribution in [1.82, 2.24) is 0 Å². The topological polar surface area (TPSA) is 110 Å². The number of carbonyl (C=O) groups is 1. The van der Waals surface area contributed by atoms with E-state index in [4.69, 9.17) is 10.5 Å². The van der Waals surface area contributed by atoms with Crippen LogP contribution in [-0.4, -0.2) is 25.0 Å². The zero-order chi connectivity index (χ0) is 19.7. The molecular weight excluding hydrogens is 354 g/mol. The smallest absolute Gasteiger partial charge is 0.323 e. The first-order valence-electron chi connectivity index (χ1n) is 8.10. The molecule has 0 aromatic heterocycles. The van der Waals surface area contributed by atoms with E-state index in [0.717, 1.165) is 11.1 Å². The van der Waals surface area contributed by atoms with Crippen LogP contribution in [0.4, 0.5) is 0 Å². The Bertz CT molecular complexity index is 786. The van der Waals surface area contributed by atoms with Gasteiger partial charge in [0.25, 0.3) is 0 Å². The number of rotatable bonds is 5. The highest BCUT2D eigenvalue weighted by atomic mass is 32.2. The molecule has 2 aromatic rings. The number of carbonyl (C=O) groups excluding carboxylic acids is 1. The van der Waals surface area contributed by atoms with Crippen LogP contribution in [0.1, 0.15) is 25.0 Å². The molecule has 0 saturated heterocycles. The van der Waals surface area contributed by atoms with Crippen molar-refractivity contribution in [2.24, 2.45) is 11.7 Å². The van der Waals surface area contributed by atoms with Crippen molar-refractivity contribution in [3.8, 4) is 0 Å². The number of nitrogens with two attached hydrogens (primary N) is 1. The Labute approximate surface area is 154 Å². The normalized spacial score (nSPS) is 12.1. The predicted octanol–water partition coefficient (Wildman–Crippen LogP) is 2.61. The fraction of sp³-hybridized carbons (Fsp3) is 0.316. The summed E-state index contributed by atoms with van der Waals surface area (Å²) >= 11 is 0. The standard InChI is InChI=1S/C12H17NO2.C7H8O3S/c1-9(2)11(13)12(14)15-8-10-6-4-3-5-7-10;1-6-2-4-7(5-3-6)11(8,9)10/h3-7,9,11H,8,13H2,1-2H3;2-5H,1H3,(H,8,9,10)/p-1/t11-;/m0./s1. The predicted molar refractivity (Wildman–Crippen MR) is 98.2 cm³/mol. The van der Waals surface area contributed by atoms with Gasteiger partial charge in [-0.1, -0.05) is 61.9 Å². The van der Waals surface area contributed by atoms with E-state index in [1.807, 2.05) is 51.1 Å². The number of hydrogen-bond acceptors (Lipinski definition) is 6. The Hall–Kier alpha value is -2.22. The third-order valence-corrected chi connectivity index (χ3v) is 4.37. The Balaban J connectivity index is 0.000000273. The van der Waals surface area contributed by atoms with Crippen molar-refractivity contribution in [2.75, 3.05) is 0 Å². The molecule has 2 rings (SSSR count). The molecule has 0 aliphatic rings. The zero-order valence-electron chi connectivity index (χ0n) is 15.1. The molecular formula is C19H24NO5S-. The lowest BCUT2D eigenvalue weighted by atomic mass is 10.1. The third kappa shape index (κ3) is 7.77. The average molecular weight is 378 g/mol. The number of aryl methyl sites for hydroxylation is 1. The van der Waals surface area contributed by atoms with E-state index in [1.165, 1.54) is 12.1 Å². The van der Waals surface area contributed by atoms with Gasteiger partial charge in [-0.05, 0) is 30.5 Å². The minimum absolute atomic E-state index is 0.105. The maximum absolute atomic E-state index is 11.4. The number of ether oxygens (including phenoxy) is 1. The summed E-state index contributed by atoms with van der Waals surface area (Å²) in [5, 5.41) is 0. The highest BCUT2D eigenvalue weighted by Gasteiger charge is 2.18. The van der Waals surface area contributed by atoms with E-state index in [9.17, 15) is 17.8 Å². The molecule has 26 heavy (non-hydrogen) atoms. The molecule has 2 aromatic carbocycles. The molecule has 0 aliphatic carbocycles. The Morgan fingerprint density at radius 3 is 2.08 bits per heavy atom.